The number of hydrogen-bond acceptors (Lipinski definition) is 4. The van der Waals surface area contributed by atoms with Crippen LogP contribution in [0.4, 0.5) is 0 Å². The van der Waals surface area contributed by atoms with E-state index in [-0.39, 0.29) is 11.9 Å². The molecule has 0 radical (unpaired) electrons. The van der Waals surface area contributed by atoms with Crippen LogP contribution in [-0.2, 0) is 16.1 Å². The predicted octanol–water partition coefficient (Wildman–Crippen LogP) is 3.03. The predicted molar refractivity (Wildman–Crippen MR) is 94.9 cm³/mol. The van der Waals surface area contributed by atoms with E-state index in [1.54, 1.807) is 0 Å². The second-order valence-electron chi connectivity index (χ2n) is 6.31. The second kappa shape index (κ2) is 6.29. The third-order valence-corrected chi connectivity index (χ3v) is 4.72. The van der Waals surface area contributed by atoms with Gasteiger partial charge in [0.2, 0.25) is 5.91 Å². The molecule has 1 atom stereocenters. The van der Waals surface area contributed by atoms with Crippen LogP contribution in [0.3, 0.4) is 0 Å². The van der Waals surface area contributed by atoms with Gasteiger partial charge in [0, 0.05) is 35.3 Å². The Morgan fingerprint density at radius 2 is 2.28 bits per heavy atom. The molecular weight excluding hydrogens is 316 g/mol. The van der Waals surface area contributed by atoms with Gasteiger partial charge in [-0.15, -0.1) is 0 Å². The maximum absolute atomic E-state index is 11.8. The maximum Gasteiger partial charge on any atom is 0.220 e. The van der Waals surface area contributed by atoms with E-state index in [1.165, 1.54) is 0 Å². The van der Waals surface area contributed by atoms with E-state index in [4.69, 9.17) is 4.74 Å². The quantitative estimate of drug-likeness (QED) is 0.770. The third-order valence-electron chi connectivity index (χ3n) is 4.72. The van der Waals surface area contributed by atoms with E-state index in [2.05, 4.69) is 38.7 Å². The lowest BCUT2D eigenvalue weighted by Gasteiger charge is -2.27. The molecule has 1 aliphatic rings. The van der Waals surface area contributed by atoms with Gasteiger partial charge < -0.3 is 10.1 Å². The Bertz CT molecular complexity index is 948. The first-order valence-electron chi connectivity index (χ1n) is 8.46. The van der Waals surface area contributed by atoms with E-state index < -0.39 is 0 Å². The van der Waals surface area contributed by atoms with Crippen molar-refractivity contribution in [1.82, 2.24) is 20.5 Å². The minimum absolute atomic E-state index is 0.0150. The molecule has 128 valence electrons. The minimum Gasteiger partial charge on any atom is -0.374 e. The van der Waals surface area contributed by atoms with Crippen LogP contribution < -0.4 is 5.32 Å². The highest BCUT2D eigenvalue weighted by Crippen LogP contribution is 2.33. The molecule has 0 bridgehead atoms. The molecule has 0 saturated carbocycles. The van der Waals surface area contributed by atoms with Gasteiger partial charge in [-0.3, -0.25) is 14.9 Å². The molecule has 0 saturated heterocycles. The second-order valence-corrected chi connectivity index (χ2v) is 6.31. The summed E-state index contributed by atoms with van der Waals surface area (Å²) in [4.78, 5) is 16.2. The number of benzene rings is 1. The number of nitrogens with zero attached hydrogens (tertiary/aromatic N) is 2. The summed E-state index contributed by atoms with van der Waals surface area (Å²) < 4.78 is 5.75. The number of amides is 1. The molecule has 3 aromatic rings. The highest BCUT2D eigenvalue weighted by atomic mass is 16.5. The number of fused-ring (bicyclic) bond motifs is 2. The molecule has 3 heterocycles. The largest absolute Gasteiger partial charge is 0.374 e. The van der Waals surface area contributed by atoms with Crippen LogP contribution >= 0.6 is 0 Å². The number of carbonyl (C=O) groups is 1. The molecule has 0 spiro atoms. The number of nitrogens with one attached hydrogen (secondary N) is 2. The van der Waals surface area contributed by atoms with Crippen molar-refractivity contribution in [1.29, 1.82) is 0 Å². The van der Waals surface area contributed by atoms with E-state index >= 15 is 0 Å². The van der Waals surface area contributed by atoms with Gasteiger partial charge in [0.15, 0.2) is 0 Å². The fraction of sp³-hybridized carbons (Fsp3) is 0.316. The van der Waals surface area contributed by atoms with Crippen molar-refractivity contribution in [3.8, 4) is 11.1 Å². The molecule has 6 heteroatoms. The molecule has 4 rings (SSSR count). The first-order chi connectivity index (χ1) is 12.2. The van der Waals surface area contributed by atoms with Crippen molar-refractivity contribution in [3.05, 3.63) is 47.4 Å². The lowest BCUT2D eigenvalue weighted by molar-refractivity contribution is -0.122. The first-order valence-corrected chi connectivity index (χ1v) is 8.46. The van der Waals surface area contributed by atoms with E-state index in [9.17, 15) is 4.79 Å². The molecule has 1 unspecified atom stereocenters. The Hall–Kier alpha value is -2.73. The average Bonchev–Trinajstić information content (AvgIpc) is 3.02. The SMILES string of the molecule is CCC(=O)NC1COCc2c(-c3ccc4c(C)n[nH]c4c3)cncc21. The van der Waals surface area contributed by atoms with E-state index in [1.807, 2.05) is 26.2 Å². The Kier molecular flexibility index (Phi) is 3.97. The lowest BCUT2D eigenvalue weighted by Crippen LogP contribution is -2.34. The summed E-state index contributed by atoms with van der Waals surface area (Å²) in [6, 6.07) is 6.09. The number of carbonyl (C=O) groups excluding carboxylic acids is 1. The molecule has 1 aromatic carbocycles. The molecule has 2 aromatic heterocycles. The van der Waals surface area contributed by atoms with Gasteiger partial charge in [0.25, 0.3) is 0 Å². The van der Waals surface area contributed by atoms with Crippen molar-refractivity contribution >= 4 is 16.8 Å². The van der Waals surface area contributed by atoms with Gasteiger partial charge in [-0.2, -0.15) is 5.10 Å². The molecule has 2 N–H and O–H groups in total. The van der Waals surface area contributed by atoms with Crippen molar-refractivity contribution < 1.29 is 9.53 Å². The number of hydrogen-bond donors (Lipinski definition) is 2. The Labute approximate surface area is 145 Å². The fourth-order valence-corrected chi connectivity index (χ4v) is 3.32. The minimum atomic E-state index is -0.151. The zero-order chi connectivity index (χ0) is 17.4. The summed E-state index contributed by atoms with van der Waals surface area (Å²) >= 11 is 0. The number of pyridine rings is 1. The summed E-state index contributed by atoms with van der Waals surface area (Å²) in [5.41, 5.74) is 6.19. The Balaban J connectivity index is 1.77. The number of aromatic amines is 1. The van der Waals surface area contributed by atoms with Crippen LogP contribution in [0.5, 0.6) is 0 Å². The van der Waals surface area contributed by atoms with E-state index in [0.29, 0.717) is 19.6 Å². The molecule has 1 aliphatic heterocycles. The molecule has 0 fully saturated rings. The molecule has 0 aliphatic carbocycles. The molecule has 1 amide bonds. The average molecular weight is 336 g/mol. The van der Waals surface area contributed by atoms with Crippen LogP contribution in [0.1, 0.15) is 36.2 Å². The number of H-pyrrole nitrogens is 1. The Morgan fingerprint density at radius 3 is 3.12 bits per heavy atom. The third kappa shape index (κ3) is 2.78. The molecule has 25 heavy (non-hydrogen) atoms. The topological polar surface area (TPSA) is 79.9 Å². The van der Waals surface area contributed by atoms with Crippen LogP contribution in [0.2, 0.25) is 0 Å². The summed E-state index contributed by atoms with van der Waals surface area (Å²) in [6.45, 7) is 4.82. The highest BCUT2D eigenvalue weighted by Gasteiger charge is 2.25. The number of aromatic nitrogens is 3. The summed E-state index contributed by atoms with van der Waals surface area (Å²) in [6.07, 6.45) is 4.15. The van der Waals surface area contributed by atoms with Gasteiger partial charge in [0.05, 0.1) is 30.5 Å². The van der Waals surface area contributed by atoms with Crippen LogP contribution in [0, 0.1) is 6.92 Å². The number of rotatable bonds is 3. The van der Waals surface area contributed by atoms with Crippen molar-refractivity contribution in [2.24, 2.45) is 0 Å². The van der Waals surface area contributed by atoms with E-state index in [0.717, 1.165) is 38.9 Å². The smallest absolute Gasteiger partial charge is 0.220 e. The maximum atomic E-state index is 11.8. The first kappa shape index (κ1) is 15.8. The van der Waals surface area contributed by atoms with Crippen molar-refractivity contribution in [2.45, 2.75) is 32.9 Å². The summed E-state index contributed by atoms with van der Waals surface area (Å²) in [7, 11) is 0. The van der Waals surface area contributed by atoms with Crippen LogP contribution in [-0.4, -0.2) is 27.7 Å². The molecule has 6 nitrogen and oxygen atoms in total. The summed E-state index contributed by atoms with van der Waals surface area (Å²) in [5, 5.41) is 11.5. The Morgan fingerprint density at radius 1 is 1.40 bits per heavy atom. The fourth-order valence-electron chi connectivity index (χ4n) is 3.32. The van der Waals surface area contributed by atoms with Crippen LogP contribution in [0.25, 0.3) is 22.0 Å². The number of aryl methyl sites for hydroxylation is 1. The van der Waals surface area contributed by atoms with Crippen molar-refractivity contribution in [2.75, 3.05) is 6.61 Å². The zero-order valence-electron chi connectivity index (χ0n) is 14.3. The van der Waals surface area contributed by atoms with Gasteiger partial charge in [0.1, 0.15) is 0 Å². The number of ether oxygens (including phenoxy) is 1. The normalized spacial score (nSPS) is 16.6. The van der Waals surface area contributed by atoms with Gasteiger partial charge in [-0.25, -0.2) is 0 Å². The van der Waals surface area contributed by atoms with Gasteiger partial charge >= 0.3 is 0 Å². The van der Waals surface area contributed by atoms with Crippen LogP contribution in [0.15, 0.2) is 30.6 Å². The monoisotopic (exact) mass is 336 g/mol. The highest BCUT2D eigenvalue weighted by molar-refractivity contribution is 5.86. The van der Waals surface area contributed by atoms with Crippen molar-refractivity contribution in [3.63, 3.8) is 0 Å². The lowest BCUT2D eigenvalue weighted by atomic mass is 9.93. The zero-order valence-corrected chi connectivity index (χ0v) is 14.3. The van der Waals surface area contributed by atoms with Gasteiger partial charge in [-0.05, 0) is 24.1 Å². The van der Waals surface area contributed by atoms with Gasteiger partial charge in [-0.1, -0.05) is 19.1 Å². The molecular formula is C19H20N4O2. The summed E-state index contributed by atoms with van der Waals surface area (Å²) in [5.74, 6) is 0.0150. The standard InChI is InChI=1S/C19H20N4O2/c1-3-19(24)21-18-10-25-9-16-14(7-20-8-15(16)18)12-4-5-13-11(2)22-23-17(13)6-12/h4-8,18H,3,9-10H2,1-2H3,(H,21,24)(H,22,23).